The van der Waals surface area contributed by atoms with Crippen LogP contribution < -0.4 is 5.32 Å². The van der Waals surface area contributed by atoms with Crippen LogP contribution in [-0.4, -0.2) is 48.4 Å². The maximum Gasteiger partial charge on any atom is 0.238 e. The molecule has 4 nitrogen and oxygen atoms in total. The summed E-state index contributed by atoms with van der Waals surface area (Å²) in [6.45, 7) is 4.08. The average molecular weight is 380 g/mol. The highest BCUT2D eigenvalue weighted by Gasteiger charge is 2.20. The molecule has 2 aromatic carbocycles. The van der Waals surface area contributed by atoms with E-state index in [1.807, 2.05) is 29.2 Å². The number of piperazine rings is 1. The molecule has 1 fully saturated rings. The van der Waals surface area contributed by atoms with E-state index in [-0.39, 0.29) is 18.1 Å². The zero-order valence-electron chi connectivity index (χ0n) is 14.2. The van der Waals surface area contributed by atoms with E-state index in [2.05, 4.69) is 10.2 Å². The van der Waals surface area contributed by atoms with E-state index in [1.165, 1.54) is 6.07 Å². The molecule has 0 bridgehead atoms. The first-order valence-corrected chi connectivity index (χ1v) is 8.82. The molecule has 138 valence electrons. The van der Waals surface area contributed by atoms with Crippen molar-refractivity contribution in [3.05, 3.63) is 64.7 Å². The summed E-state index contributed by atoms with van der Waals surface area (Å²) in [7, 11) is 0. The fraction of sp³-hybridized carbons (Fsp3) is 0.316. The summed E-state index contributed by atoms with van der Waals surface area (Å²) in [5.74, 6) is -1.76. The van der Waals surface area contributed by atoms with E-state index in [4.69, 9.17) is 11.6 Å². The Bertz CT molecular complexity index is 779. The number of anilines is 1. The number of carbonyl (C=O) groups excluding carboxylic acids is 1. The van der Waals surface area contributed by atoms with E-state index in [0.717, 1.165) is 55.4 Å². The van der Waals surface area contributed by atoms with Crippen molar-refractivity contribution in [1.82, 2.24) is 9.80 Å². The summed E-state index contributed by atoms with van der Waals surface area (Å²) in [6, 6.07) is 10.9. The van der Waals surface area contributed by atoms with E-state index in [1.54, 1.807) is 0 Å². The van der Waals surface area contributed by atoms with Crippen LogP contribution in [0.3, 0.4) is 0 Å². The predicted octanol–water partition coefficient (Wildman–Crippen LogP) is 3.37. The molecule has 26 heavy (non-hydrogen) atoms. The third-order valence-corrected chi connectivity index (χ3v) is 4.76. The molecule has 1 saturated heterocycles. The first kappa shape index (κ1) is 18.8. The number of amides is 1. The second-order valence-corrected chi connectivity index (χ2v) is 6.72. The lowest BCUT2D eigenvalue weighted by atomic mass is 10.2. The van der Waals surface area contributed by atoms with Crippen LogP contribution in [0.2, 0.25) is 5.02 Å². The summed E-state index contributed by atoms with van der Waals surface area (Å²) in [5.41, 5.74) is 1.08. The lowest BCUT2D eigenvalue weighted by Gasteiger charge is -2.34. The van der Waals surface area contributed by atoms with Gasteiger partial charge >= 0.3 is 0 Å². The van der Waals surface area contributed by atoms with E-state index in [9.17, 15) is 13.6 Å². The zero-order chi connectivity index (χ0) is 18.5. The largest absolute Gasteiger partial charge is 0.322 e. The van der Waals surface area contributed by atoms with Crippen molar-refractivity contribution in [2.24, 2.45) is 0 Å². The third kappa shape index (κ3) is 5.00. The fourth-order valence-corrected chi connectivity index (χ4v) is 3.15. The molecule has 3 rings (SSSR count). The van der Waals surface area contributed by atoms with Crippen molar-refractivity contribution in [3.63, 3.8) is 0 Å². The van der Waals surface area contributed by atoms with Crippen molar-refractivity contribution < 1.29 is 13.6 Å². The SMILES string of the molecule is O=C(CN1CCN(Cc2ccccc2Cl)CC1)Nc1ccc(F)cc1F. The number of rotatable bonds is 5. The number of halogens is 3. The van der Waals surface area contributed by atoms with Gasteiger partial charge in [0, 0.05) is 43.8 Å². The second-order valence-electron chi connectivity index (χ2n) is 6.32. The van der Waals surface area contributed by atoms with Crippen LogP contribution in [-0.2, 0) is 11.3 Å². The third-order valence-electron chi connectivity index (χ3n) is 4.39. The van der Waals surface area contributed by atoms with Crippen molar-refractivity contribution in [3.8, 4) is 0 Å². The van der Waals surface area contributed by atoms with Crippen LogP contribution in [0.5, 0.6) is 0 Å². The number of nitrogens with one attached hydrogen (secondary N) is 1. The summed E-state index contributed by atoms with van der Waals surface area (Å²) in [5, 5.41) is 3.25. The first-order valence-electron chi connectivity index (χ1n) is 8.44. The highest BCUT2D eigenvalue weighted by atomic mass is 35.5. The molecular formula is C19H20ClF2N3O. The number of hydrogen-bond donors (Lipinski definition) is 1. The lowest BCUT2D eigenvalue weighted by Crippen LogP contribution is -2.48. The summed E-state index contributed by atoms with van der Waals surface area (Å²) in [4.78, 5) is 16.4. The second kappa shape index (κ2) is 8.58. The summed E-state index contributed by atoms with van der Waals surface area (Å²) >= 11 is 6.20. The maximum absolute atomic E-state index is 13.6. The highest BCUT2D eigenvalue weighted by molar-refractivity contribution is 6.31. The van der Waals surface area contributed by atoms with Crippen molar-refractivity contribution in [1.29, 1.82) is 0 Å². The predicted molar refractivity (Wildman–Crippen MR) is 98.2 cm³/mol. The number of carbonyl (C=O) groups is 1. The van der Waals surface area contributed by atoms with E-state index < -0.39 is 11.6 Å². The summed E-state index contributed by atoms with van der Waals surface area (Å²) < 4.78 is 26.5. The Hall–Kier alpha value is -2.02. The fourth-order valence-electron chi connectivity index (χ4n) is 2.96. The number of benzene rings is 2. The number of hydrogen-bond acceptors (Lipinski definition) is 3. The molecule has 1 aliphatic rings. The Kier molecular flexibility index (Phi) is 6.19. The van der Waals surface area contributed by atoms with Crippen LogP contribution in [0.25, 0.3) is 0 Å². The van der Waals surface area contributed by atoms with E-state index >= 15 is 0 Å². The maximum atomic E-state index is 13.6. The van der Waals surface area contributed by atoms with Crippen LogP contribution in [0, 0.1) is 11.6 Å². The minimum atomic E-state index is -0.775. The van der Waals surface area contributed by atoms with Crippen LogP contribution in [0.4, 0.5) is 14.5 Å². The molecule has 0 aliphatic carbocycles. The molecule has 0 aromatic heterocycles. The average Bonchev–Trinajstić information content (AvgIpc) is 2.61. The van der Waals surface area contributed by atoms with Gasteiger partial charge in [-0.2, -0.15) is 0 Å². The Labute approximate surface area is 156 Å². The van der Waals surface area contributed by atoms with Gasteiger partial charge in [-0.05, 0) is 23.8 Å². The molecule has 0 radical (unpaired) electrons. The smallest absolute Gasteiger partial charge is 0.238 e. The molecule has 0 atom stereocenters. The Balaban J connectivity index is 1.46. The van der Waals surface area contributed by atoms with Gasteiger partial charge in [-0.1, -0.05) is 29.8 Å². The molecule has 1 heterocycles. The standard InChI is InChI=1S/C19H20ClF2N3O/c20-16-4-2-1-3-14(16)12-24-7-9-25(10-8-24)13-19(26)23-18-6-5-15(21)11-17(18)22/h1-6,11H,7-10,12-13H2,(H,23,26). The lowest BCUT2D eigenvalue weighted by molar-refractivity contribution is -0.117. The van der Waals surface area contributed by atoms with Gasteiger partial charge in [0.2, 0.25) is 5.91 Å². The molecule has 0 spiro atoms. The minimum Gasteiger partial charge on any atom is -0.322 e. The van der Waals surface area contributed by atoms with Crippen molar-refractivity contribution in [2.75, 3.05) is 38.0 Å². The summed E-state index contributed by atoms with van der Waals surface area (Å²) in [6.07, 6.45) is 0. The van der Waals surface area contributed by atoms with Gasteiger partial charge in [0.25, 0.3) is 0 Å². The van der Waals surface area contributed by atoms with Crippen LogP contribution in [0.15, 0.2) is 42.5 Å². The highest BCUT2D eigenvalue weighted by Crippen LogP contribution is 2.18. The molecule has 0 unspecified atom stereocenters. The molecule has 1 aliphatic heterocycles. The minimum absolute atomic E-state index is 0.00578. The van der Waals surface area contributed by atoms with Crippen LogP contribution >= 0.6 is 11.6 Å². The molecule has 2 aromatic rings. The Morgan fingerprint density at radius 2 is 1.73 bits per heavy atom. The van der Waals surface area contributed by atoms with E-state index in [0.29, 0.717) is 0 Å². The monoisotopic (exact) mass is 379 g/mol. The van der Waals surface area contributed by atoms with Gasteiger partial charge < -0.3 is 5.32 Å². The molecule has 0 saturated carbocycles. The molecule has 1 N–H and O–H groups in total. The Morgan fingerprint density at radius 1 is 1.04 bits per heavy atom. The van der Waals surface area contributed by atoms with Crippen LogP contribution in [0.1, 0.15) is 5.56 Å². The van der Waals surface area contributed by atoms with Gasteiger partial charge in [-0.15, -0.1) is 0 Å². The quantitative estimate of drug-likeness (QED) is 0.865. The molecule has 7 heteroatoms. The Morgan fingerprint density at radius 3 is 2.42 bits per heavy atom. The zero-order valence-corrected chi connectivity index (χ0v) is 15.0. The van der Waals surface area contributed by atoms with Gasteiger partial charge in [0.1, 0.15) is 11.6 Å². The molecule has 1 amide bonds. The van der Waals surface area contributed by atoms with Gasteiger partial charge in [0.05, 0.1) is 12.2 Å². The molecular weight excluding hydrogens is 360 g/mol. The normalized spacial score (nSPS) is 15.8. The van der Waals surface area contributed by atoms with Crippen molar-refractivity contribution >= 4 is 23.2 Å². The number of nitrogens with zero attached hydrogens (tertiary/aromatic N) is 2. The topological polar surface area (TPSA) is 35.6 Å². The van der Waals surface area contributed by atoms with Gasteiger partial charge in [0.15, 0.2) is 0 Å². The first-order chi connectivity index (χ1) is 12.5. The van der Waals surface area contributed by atoms with Gasteiger partial charge in [-0.25, -0.2) is 8.78 Å². The van der Waals surface area contributed by atoms with Gasteiger partial charge in [-0.3, -0.25) is 14.6 Å². The van der Waals surface area contributed by atoms with Crippen molar-refractivity contribution in [2.45, 2.75) is 6.54 Å².